The lowest BCUT2D eigenvalue weighted by Crippen LogP contribution is -2.39. The van der Waals surface area contributed by atoms with E-state index in [2.05, 4.69) is 42.2 Å². The molecule has 2 atom stereocenters. The van der Waals surface area contributed by atoms with Crippen molar-refractivity contribution >= 4 is 11.9 Å². The highest BCUT2D eigenvalue weighted by molar-refractivity contribution is 5.87. The van der Waals surface area contributed by atoms with Crippen LogP contribution in [0.4, 0.5) is 0 Å². The van der Waals surface area contributed by atoms with Gasteiger partial charge in [0.15, 0.2) is 0 Å². The van der Waals surface area contributed by atoms with Gasteiger partial charge in [-0.05, 0) is 86.0 Å². The maximum absolute atomic E-state index is 11.3. The summed E-state index contributed by atoms with van der Waals surface area (Å²) in [6.45, 7) is 3.55. The number of carboxylic acid groups (broad SMARTS) is 2. The van der Waals surface area contributed by atoms with E-state index >= 15 is 0 Å². The quantitative estimate of drug-likeness (QED) is 0.290. The predicted molar refractivity (Wildman–Crippen MR) is 143 cm³/mol. The molecule has 37 heavy (non-hydrogen) atoms. The predicted octanol–water partition coefficient (Wildman–Crippen LogP) is 6.14. The molecule has 2 N–H and O–H groups in total. The van der Waals surface area contributed by atoms with E-state index in [0.717, 1.165) is 49.1 Å². The summed E-state index contributed by atoms with van der Waals surface area (Å²) in [5.74, 6) is -0.773. The number of rotatable bonds is 12. The Bertz CT molecular complexity index is 1190. The minimum atomic E-state index is -0.932. The molecule has 0 saturated heterocycles. The lowest BCUT2D eigenvalue weighted by atomic mass is 9.86. The van der Waals surface area contributed by atoms with Crippen molar-refractivity contribution in [3.8, 4) is 5.75 Å². The number of hydrogen-bond donors (Lipinski definition) is 2. The molecule has 3 aromatic rings. The number of hydrogen-bond acceptors (Lipinski definition) is 4. The second-order valence-corrected chi connectivity index (χ2v) is 9.78. The van der Waals surface area contributed by atoms with Gasteiger partial charge in [-0.25, -0.2) is 4.79 Å². The average molecular weight is 502 g/mol. The number of aliphatic carboxylic acids is 1. The SMILES string of the molecule is CC(Oc1cccc2c1CC(N(CCCCC(=O)O)Cc1ccc(C(=O)O)cc1)CC2)c1ccccc1. The summed E-state index contributed by atoms with van der Waals surface area (Å²) in [6, 6.07) is 23.9. The van der Waals surface area contributed by atoms with Crippen molar-refractivity contribution in [2.75, 3.05) is 6.54 Å². The molecule has 0 fully saturated rings. The summed E-state index contributed by atoms with van der Waals surface area (Å²) in [6.07, 6.45) is 4.37. The van der Waals surface area contributed by atoms with Gasteiger partial charge in [-0.1, -0.05) is 54.6 Å². The van der Waals surface area contributed by atoms with Crippen LogP contribution >= 0.6 is 0 Å². The van der Waals surface area contributed by atoms with Crippen molar-refractivity contribution in [2.45, 2.75) is 64.1 Å². The summed E-state index contributed by atoms with van der Waals surface area (Å²) in [4.78, 5) is 24.7. The summed E-state index contributed by atoms with van der Waals surface area (Å²) in [7, 11) is 0. The van der Waals surface area contributed by atoms with Gasteiger partial charge in [0.25, 0.3) is 0 Å². The smallest absolute Gasteiger partial charge is 0.335 e. The Hall–Kier alpha value is -3.64. The molecule has 0 saturated carbocycles. The van der Waals surface area contributed by atoms with E-state index in [1.54, 1.807) is 12.1 Å². The molecule has 194 valence electrons. The van der Waals surface area contributed by atoms with E-state index in [4.69, 9.17) is 9.84 Å². The minimum Gasteiger partial charge on any atom is -0.486 e. The van der Waals surface area contributed by atoms with Crippen molar-refractivity contribution < 1.29 is 24.5 Å². The molecule has 0 radical (unpaired) electrons. The third kappa shape index (κ3) is 7.20. The number of fused-ring (bicyclic) bond motifs is 1. The largest absolute Gasteiger partial charge is 0.486 e. The topological polar surface area (TPSA) is 87.1 Å². The monoisotopic (exact) mass is 501 g/mol. The van der Waals surface area contributed by atoms with Crippen LogP contribution in [0.2, 0.25) is 0 Å². The van der Waals surface area contributed by atoms with Gasteiger partial charge in [0.05, 0.1) is 5.56 Å². The van der Waals surface area contributed by atoms with Crippen LogP contribution in [-0.4, -0.2) is 39.6 Å². The maximum Gasteiger partial charge on any atom is 0.335 e. The Morgan fingerprint density at radius 1 is 0.973 bits per heavy atom. The van der Waals surface area contributed by atoms with Crippen LogP contribution in [0.1, 0.15) is 71.3 Å². The van der Waals surface area contributed by atoms with Gasteiger partial charge >= 0.3 is 11.9 Å². The van der Waals surface area contributed by atoms with Gasteiger partial charge in [-0.3, -0.25) is 9.69 Å². The molecule has 3 aromatic carbocycles. The standard InChI is InChI=1S/C31H35NO5/c1-22(24-8-3-2-4-9-24)37-29-11-7-10-25-17-18-27(20-28(25)29)32(19-6-5-12-30(33)34)21-23-13-15-26(16-14-23)31(35)36/h2-4,7-11,13-16,22,27H,5-6,12,17-21H2,1H3,(H,33,34)(H,35,36). The zero-order valence-corrected chi connectivity index (χ0v) is 21.3. The number of nitrogens with zero attached hydrogens (tertiary/aromatic N) is 1. The Morgan fingerprint density at radius 3 is 2.43 bits per heavy atom. The van der Waals surface area contributed by atoms with Gasteiger partial charge < -0.3 is 14.9 Å². The molecule has 0 amide bonds. The van der Waals surface area contributed by atoms with E-state index in [1.165, 1.54) is 11.1 Å². The third-order valence-corrected chi connectivity index (χ3v) is 7.18. The zero-order chi connectivity index (χ0) is 26.2. The first-order chi connectivity index (χ1) is 17.9. The molecule has 1 aliphatic carbocycles. The first-order valence-electron chi connectivity index (χ1n) is 13.0. The van der Waals surface area contributed by atoms with Crippen LogP contribution in [0.5, 0.6) is 5.75 Å². The highest BCUT2D eigenvalue weighted by Crippen LogP contribution is 2.34. The fourth-order valence-electron chi connectivity index (χ4n) is 5.11. The van der Waals surface area contributed by atoms with E-state index in [1.807, 2.05) is 30.3 Å². The molecule has 0 heterocycles. The molecule has 4 rings (SSSR count). The van der Waals surface area contributed by atoms with E-state index < -0.39 is 11.9 Å². The molecule has 0 bridgehead atoms. The van der Waals surface area contributed by atoms with Crippen molar-refractivity contribution in [1.82, 2.24) is 4.90 Å². The van der Waals surface area contributed by atoms with Crippen LogP contribution < -0.4 is 4.74 Å². The first-order valence-corrected chi connectivity index (χ1v) is 13.0. The molecule has 6 nitrogen and oxygen atoms in total. The molecule has 0 aliphatic heterocycles. The number of carboxylic acids is 2. The van der Waals surface area contributed by atoms with Crippen LogP contribution in [0.25, 0.3) is 0 Å². The summed E-state index contributed by atoms with van der Waals surface area (Å²) >= 11 is 0. The molecule has 2 unspecified atom stereocenters. The lowest BCUT2D eigenvalue weighted by molar-refractivity contribution is -0.137. The van der Waals surface area contributed by atoms with Crippen molar-refractivity contribution in [1.29, 1.82) is 0 Å². The van der Waals surface area contributed by atoms with Crippen LogP contribution in [0, 0.1) is 0 Å². The third-order valence-electron chi connectivity index (χ3n) is 7.18. The number of carbonyl (C=O) groups is 2. The summed E-state index contributed by atoms with van der Waals surface area (Å²) in [5.41, 5.74) is 5.04. The fourth-order valence-corrected chi connectivity index (χ4v) is 5.11. The van der Waals surface area contributed by atoms with Gasteiger partial charge in [-0.2, -0.15) is 0 Å². The second-order valence-electron chi connectivity index (χ2n) is 9.78. The van der Waals surface area contributed by atoms with E-state index in [9.17, 15) is 14.7 Å². The number of unbranched alkanes of at least 4 members (excludes halogenated alkanes) is 1. The van der Waals surface area contributed by atoms with Crippen molar-refractivity contribution in [2.24, 2.45) is 0 Å². The molecular formula is C31H35NO5. The van der Waals surface area contributed by atoms with Crippen LogP contribution in [-0.2, 0) is 24.2 Å². The summed E-state index contributed by atoms with van der Waals surface area (Å²) < 4.78 is 6.47. The first kappa shape index (κ1) is 26.4. The molecule has 1 aliphatic rings. The number of aromatic carboxylic acids is 1. The fraction of sp³-hybridized carbons (Fsp3) is 0.355. The van der Waals surface area contributed by atoms with E-state index in [-0.39, 0.29) is 24.1 Å². The van der Waals surface area contributed by atoms with Crippen molar-refractivity contribution in [3.63, 3.8) is 0 Å². The van der Waals surface area contributed by atoms with E-state index in [0.29, 0.717) is 13.0 Å². The van der Waals surface area contributed by atoms with Crippen LogP contribution in [0.3, 0.4) is 0 Å². The normalized spacial score (nSPS) is 15.7. The lowest BCUT2D eigenvalue weighted by Gasteiger charge is -2.36. The highest BCUT2D eigenvalue weighted by atomic mass is 16.5. The maximum atomic E-state index is 11.3. The highest BCUT2D eigenvalue weighted by Gasteiger charge is 2.27. The molecular weight excluding hydrogens is 466 g/mol. The van der Waals surface area contributed by atoms with Crippen LogP contribution in [0.15, 0.2) is 72.8 Å². The Balaban J connectivity index is 1.51. The Kier molecular flexibility index (Phi) is 8.96. The zero-order valence-electron chi connectivity index (χ0n) is 21.3. The summed E-state index contributed by atoms with van der Waals surface area (Å²) in [5, 5.41) is 18.3. The Morgan fingerprint density at radius 2 is 1.73 bits per heavy atom. The van der Waals surface area contributed by atoms with Gasteiger partial charge in [0, 0.05) is 19.0 Å². The van der Waals surface area contributed by atoms with Gasteiger partial charge in [-0.15, -0.1) is 0 Å². The second kappa shape index (κ2) is 12.5. The minimum absolute atomic E-state index is 0.0621. The molecule has 0 aromatic heterocycles. The van der Waals surface area contributed by atoms with Gasteiger partial charge in [0.2, 0.25) is 0 Å². The average Bonchev–Trinajstić information content (AvgIpc) is 2.91. The number of aryl methyl sites for hydroxylation is 1. The van der Waals surface area contributed by atoms with Gasteiger partial charge in [0.1, 0.15) is 11.9 Å². The Labute approximate surface area is 218 Å². The molecule has 6 heteroatoms. The molecule has 0 spiro atoms. The number of ether oxygens (including phenoxy) is 1. The van der Waals surface area contributed by atoms with Crippen molar-refractivity contribution in [3.05, 3.63) is 101 Å². The number of benzene rings is 3.